The molecule has 1 aromatic rings. The Morgan fingerprint density at radius 2 is 2.24 bits per heavy atom. The highest BCUT2D eigenvalue weighted by atomic mass is 35.5. The van der Waals surface area contributed by atoms with Gasteiger partial charge in [-0.15, -0.1) is 0 Å². The lowest BCUT2D eigenvalue weighted by Crippen LogP contribution is -2.29. The van der Waals surface area contributed by atoms with Gasteiger partial charge in [-0.2, -0.15) is 0 Å². The van der Waals surface area contributed by atoms with Crippen molar-refractivity contribution >= 4 is 17.6 Å². The number of carbonyl (C=O) groups is 1. The quantitative estimate of drug-likeness (QED) is 0.772. The van der Waals surface area contributed by atoms with Crippen LogP contribution in [0.2, 0.25) is 5.02 Å². The highest BCUT2D eigenvalue weighted by Crippen LogP contribution is 2.32. The number of hydrazine groups is 1. The molecule has 3 unspecified atom stereocenters. The van der Waals surface area contributed by atoms with Crippen LogP contribution in [0.15, 0.2) is 24.3 Å². The Kier molecular flexibility index (Phi) is 3.66. The third-order valence-corrected chi connectivity index (χ3v) is 3.39. The van der Waals surface area contributed by atoms with Crippen LogP contribution in [-0.2, 0) is 4.79 Å². The Morgan fingerprint density at radius 3 is 2.88 bits per heavy atom. The zero-order valence-corrected chi connectivity index (χ0v) is 10.2. The molecule has 3 atom stereocenters. The monoisotopic (exact) mass is 254 g/mol. The minimum Gasteiger partial charge on any atom is -0.481 e. The molecule has 2 rings (SSSR count). The lowest BCUT2D eigenvalue weighted by Gasteiger charge is -2.19. The fourth-order valence-electron chi connectivity index (χ4n) is 2.25. The van der Waals surface area contributed by atoms with E-state index in [0.29, 0.717) is 5.02 Å². The lowest BCUT2D eigenvalue weighted by molar-refractivity contribution is -0.138. The highest BCUT2D eigenvalue weighted by Gasteiger charge is 2.35. The molecule has 1 aliphatic rings. The molecule has 1 aliphatic heterocycles. The molecule has 0 radical (unpaired) electrons. The molecule has 3 N–H and O–H groups in total. The molecule has 0 amide bonds. The van der Waals surface area contributed by atoms with E-state index in [4.69, 9.17) is 16.7 Å². The summed E-state index contributed by atoms with van der Waals surface area (Å²) in [7, 11) is 0. The van der Waals surface area contributed by atoms with Crippen molar-refractivity contribution in [2.75, 3.05) is 0 Å². The lowest BCUT2D eigenvalue weighted by atomic mass is 9.88. The molecular weight excluding hydrogens is 240 g/mol. The zero-order valence-electron chi connectivity index (χ0n) is 9.48. The molecule has 1 aromatic carbocycles. The van der Waals surface area contributed by atoms with Gasteiger partial charge in [0.2, 0.25) is 0 Å². The molecule has 1 saturated heterocycles. The van der Waals surface area contributed by atoms with Gasteiger partial charge < -0.3 is 5.11 Å². The summed E-state index contributed by atoms with van der Waals surface area (Å²) in [5, 5.41) is 9.59. The summed E-state index contributed by atoms with van der Waals surface area (Å²) in [6.07, 6.45) is 0.137. The van der Waals surface area contributed by atoms with Crippen LogP contribution in [0, 0.1) is 5.92 Å². The fourth-order valence-corrected chi connectivity index (χ4v) is 2.45. The van der Waals surface area contributed by atoms with Gasteiger partial charge in [-0.1, -0.05) is 23.7 Å². The standard InChI is InChI=1S/C12H15ClN2O2/c1-7-10(6-11(16)17)12(15-14-7)8-3-2-4-9(13)5-8/h2-5,7,10,12,14-15H,6H2,1H3,(H,16,17). The molecule has 0 spiro atoms. The van der Waals surface area contributed by atoms with Crippen LogP contribution in [0.1, 0.15) is 24.9 Å². The van der Waals surface area contributed by atoms with Gasteiger partial charge in [-0.25, -0.2) is 5.43 Å². The Bertz CT molecular complexity index is 425. The molecule has 1 heterocycles. The molecule has 1 fully saturated rings. The molecule has 0 saturated carbocycles. The molecule has 0 bridgehead atoms. The first-order valence-corrected chi connectivity index (χ1v) is 5.94. The number of benzene rings is 1. The summed E-state index contributed by atoms with van der Waals surface area (Å²) >= 11 is 5.95. The largest absolute Gasteiger partial charge is 0.481 e. The summed E-state index contributed by atoms with van der Waals surface area (Å²) in [6, 6.07) is 7.62. The van der Waals surface area contributed by atoms with E-state index in [1.807, 2.05) is 31.2 Å². The van der Waals surface area contributed by atoms with Crippen LogP contribution in [0.3, 0.4) is 0 Å². The molecule has 0 aliphatic carbocycles. The topological polar surface area (TPSA) is 61.4 Å². The van der Waals surface area contributed by atoms with Crippen LogP contribution in [0.4, 0.5) is 0 Å². The Labute approximate surface area is 105 Å². The predicted molar refractivity (Wildman–Crippen MR) is 65.7 cm³/mol. The summed E-state index contributed by atoms with van der Waals surface area (Å²) < 4.78 is 0. The molecule has 0 aromatic heterocycles. The summed E-state index contributed by atoms with van der Waals surface area (Å²) in [6.45, 7) is 1.98. The van der Waals surface area contributed by atoms with Crippen LogP contribution in [0.5, 0.6) is 0 Å². The number of nitrogens with one attached hydrogen (secondary N) is 2. The van der Waals surface area contributed by atoms with Gasteiger partial charge in [0, 0.05) is 17.0 Å². The number of carboxylic acid groups (broad SMARTS) is 1. The number of aliphatic carboxylic acids is 1. The van der Waals surface area contributed by atoms with Crippen LogP contribution < -0.4 is 10.9 Å². The van der Waals surface area contributed by atoms with Crippen molar-refractivity contribution in [3.8, 4) is 0 Å². The second-order valence-corrected chi connectivity index (χ2v) is 4.81. The zero-order chi connectivity index (χ0) is 12.4. The van der Waals surface area contributed by atoms with Crippen molar-refractivity contribution in [2.24, 2.45) is 5.92 Å². The van der Waals surface area contributed by atoms with Crippen molar-refractivity contribution in [3.63, 3.8) is 0 Å². The summed E-state index contributed by atoms with van der Waals surface area (Å²) in [5.41, 5.74) is 7.23. The Balaban J connectivity index is 2.22. The number of halogens is 1. The number of hydrogen-bond donors (Lipinski definition) is 3. The smallest absolute Gasteiger partial charge is 0.303 e. The van der Waals surface area contributed by atoms with Crippen LogP contribution in [-0.4, -0.2) is 17.1 Å². The van der Waals surface area contributed by atoms with Crippen LogP contribution >= 0.6 is 11.6 Å². The van der Waals surface area contributed by atoms with Gasteiger partial charge in [0.1, 0.15) is 0 Å². The first kappa shape index (κ1) is 12.4. The van der Waals surface area contributed by atoms with Crippen molar-refractivity contribution in [1.82, 2.24) is 10.9 Å². The number of hydrogen-bond acceptors (Lipinski definition) is 3. The normalized spacial score (nSPS) is 28.2. The van der Waals surface area contributed by atoms with Gasteiger partial charge in [0.05, 0.1) is 12.5 Å². The van der Waals surface area contributed by atoms with E-state index in [9.17, 15) is 4.79 Å². The van der Waals surface area contributed by atoms with Crippen molar-refractivity contribution in [2.45, 2.75) is 25.4 Å². The van der Waals surface area contributed by atoms with Gasteiger partial charge in [0.15, 0.2) is 0 Å². The minimum absolute atomic E-state index is 0.0141. The average Bonchev–Trinajstić information content (AvgIpc) is 2.60. The van der Waals surface area contributed by atoms with E-state index in [1.54, 1.807) is 0 Å². The maximum absolute atomic E-state index is 10.9. The van der Waals surface area contributed by atoms with Gasteiger partial charge in [0.25, 0.3) is 0 Å². The van der Waals surface area contributed by atoms with E-state index in [1.165, 1.54) is 0 Å². The van der Waals surface area contributed by atoms with Crippen molar-refractivity contribution in [3.05, 3.63) is 34.9 Å². The Hall–Kier alpha value is -1.10. The second-order valence-electron chi connectivity index (χ2n) is 4.37. The second kappa shape index (κ2) is 5.04. The van der Waals surface area contributed by atoms with Gasteiger partial charge in [-0.05, 0) is 24.6 Å². The third-order valence-electron chi connectivity index (χ3n) is 3.16. The number of carboxylic acids is 1. The fraction of sp³-hybridized carbons (Fsp3) is 0.417. The van der Waals surface area contributed by atoms with E-state index in [2.05, 4.69) is 10.9 Å². The van der Waals surface area contributed by atoms with Crippen LogP contribution in [0.25, 0.3) is 0 Å². The highest BCUT2D eigenvalue weighted by molar-refractivity contribution is 6.30. The molecular formula is C12H15ClN2O2. The first-order valence-electron chi connectivity index (χ1n) is 5.56. The van der Waals surface area contributed by atoms with E-state index >= 15 is 0 Å². The SMILES string of the molecule is CC1NNC(c2cccc(Cl)c2)C1CC(=O)O. The maximum atomic E-state index is 10.9. The molecule has 4 nitrogen and oxygen atoms in total. The molecule has 92 valence electrons. The average molecular weight is 255 g/mol. The van der Waals surface area contributed by atoms with E-state index in [-0.39, 0.29) is 24.4 Å². The third kappa shape index (κ3) is 2.77. The summed E-state index contributed by atoms with van der Waals surface area (Å²) in [5.74, 6) is -0.759. The van der Waals surface area contributed by atoms with Gasteiger partial charge >= 0.3 is 5.97 Å². The molecule has 17 heavy (non-hydrogen) atoms. The number of rotatable bonds is 3. The maximum Gasteiger partial charge on any atom is 0.303 e. The van der Waals surface area contributed by atoms with Gasteiger partial charge in [-0.3, -0.25) is 10.2 Å². The van der Waals surface area contributed by atoms with E-state index < -0.39 is 5.97 Å². The molecule has 5 heteroatoms. The predicted octanol–water partition coefficient (Wildman–Crippen LogP) is 1.97. The van der Waals surface area contributed by atoms with Crippen molar-refractivity contribution < 1.29 is 9.90 Å². The first-order chi connectivity index (χ1) is 8.08. The van der Waals surface area contributed by atoms with Crippen molar-refractivity contribution in [1.29, 1.82) is 0 Å². The summed E-state index contributed by atoms with van der Waals surface area (Å²) in [4.78, 5) is 10.9. The van der Waals surface area contributed by atoms with E-state index in [0.717, 1.165) is 5.56 Å². The Morgan fingerprint density at radius 1 is 1.47 bits per heavy atom. The minimum atomic E-state index is -0.778.